The molecule has 7 heteroatoms. The van der Waals surface area contributed by atoms with Crippen molar-refractivity contribution < 1.29 is 4.79 Å². The number of nitrogens with one attached hydrogen (secondary N) is 2. The van der Waals surface area contributed by atoms with E-state index in [0.29, 0.717) is 21.7 Å². The van der Waals surface area contributed by atoms with Gasteiger partial charge in [0.05, 0.1) is 5.75 Å². The lowest BCUT2D eigenvalue weighted by atomic mass is 10.1. The molecule has 0 aliphatic rings. The molecule has 0 atom stereocenters. The van der Waals surface area contributed by atoms with E-state index in [4.69, 9.17) is 11.6 Å². The average molecular weight is 373 g/mol. The summed E-state index contributed by atoms with van der Waals surface area (Å²) in [6.07, 6.45) is 0. The quantitative estimate of drug-likeness (QED) is 0.648. The molecule has 0 spiro atoms. The number of rotatable bonds is 5. The number of aryl methyl sites for hydroxylation is 2. The smallest absolute Gasteiger partial charge is 0.234 e. The van der Waals surface area contributed by atoms with Crippen molar-refractivity contribution in [2.45, 2.75) is 19.0 Å². The molecule has 1 heterocycles. The van der Waals surface area contributed by atoms with Gasteiger partial charge >= 0.3 is 0 Å². The Hall–Kier alpha value is -2.31. The molecule has 25 heavy (non-hydrogen) atoms. The van der Waals surface area contributed by atoms with E-state index in [1.807, 2.05) is 50.2 Å². The number of thioether (sulfide) groups is 1. The number of benzene rings is 2. The van der Waals surface area contributed by atoms with Crippen LogP contribution in [-0.4, -0.2) is 26.8 Å². The van der Waals surface area contributed by atoms with Crippen LogP contribution in [-0.2, 0) is 4.79 Å². The van der Waals surface area contributed by atoms with Crippen LogP contribution in [0.4, 0.5) is 5.69 Å². The number of H-pyrrole nitrogens is 1. The van der Waals surface area contributed by atoms with Gasteiger partial charge in [0, 0.05) is 16.3 Å². The van der Waals surface area contributed by atoms with Crippen LogP contribution < -0.4 is 5.32 Å². The second-order valence-corrected chi connectivity index (χ2v) is 6.99. The van der Waals surface area contributed by atoms with Gasteiger partial charge in [-0.25, -0.2) is 4.98 Å². The minimum Gasteiger partial charge on any atom is -0.325 e. The molecule has 0 unspecified atom stereocenters. The largest absolute Gasteiger partial charge is 0.325 e. The molecule has 5 nitrogen and oxygen atoms in total. The fourth-order valence-corrected chi connectivity index (χ4v) is 3.01. The lowest BCUT2D eigenvalue weighted by Crippen LogP contribution is -2.14. The molecule has 2 aromatic carbocycles. The average Bonchev–Trinajstić information content (AvgIpc) is 3.05. The Morgan fingerprint density at radius 3 is 2.84 bits per heavy atom. The van der Waals surface area contributed by atoms with Gasteiger partial charge in [0.2, 0.25) is 11.1 Å². The van der Waals surface area contributed by atoms with Gasteiger partial charge in [-0.2, -0.15) is 0 Å². The SMILES string of the molecule is Cc1cccc(-c2nc(SCC(=O)Nc3ccc(C)c(Cl)c3)n[nH]2)c1. The molecular formula is C18H17ClN4OS. The van der Waals surface area contributed by atoms with Gasteiger partial charge in [-0.05, 0) is 37.6 Å². The molecule has 3 aromatic rings. The van der Waals surface area contributed by atoms with Crippen molar-refractivity contribution in [3.63, 3.8) is 0 Å². The molecule has 0 fully saturated rings. The van der Waals surface area contributed by atoms with E-state index in [1.165, 1.54) is 11.8 Å². The number of anilines is 1. The third-order valence-electron chi connectivity index (χ3n) is 3.54. The van der Waals surface area contributed by atoms with E-state index < -0.39 is 0 Å². The summed E-state index contributed by atoms with van der Waals surface area (Å²) in [5.41, 5.74) is 3.77. The highest BCUT2D eigenvalue weighted by Gasteiger charge is 2.10. The fraction of sp³-hybridized carbons (Fsp3) is 0.167. The Balaban J connectivity index is 1.58. The zero-order chi connectivity index (χ0) is 17.8. The van der Waals surface area contributed by atoms with E-state index in [-0.39, 0.29) is 11.7 Å². The van der Waals surface area contributed by atoms with Gasteiger partial charge in [-0.3, -0.25) is 9.89 Å². The summed E-state index contributed by atoms with van der Waals surface area (Å²) in [6.45, 7) is 3.94. The normalized spacial score (nSPS) is 10.7. The first-order chi connectivity index (χ1) is 12.0. The van der Waals surface area contributed by atoms with Crippen LogP contribution in [0.25, 0.3) is 11.4 Å². The van der Waals surface area contributed by atoms with Crippen molar-refractivity contribution in [2.75, 3.05) is 11.1 Å². The molecule has 2 N–H and O–H groups in total. The maximum absolute atomic E-state index is 12.1. The standard InChI is InChI=1S/C18H17ClN4OS/c1-11-4-3-5-13(8-11)17-21-18(23-22-17)25-10-16(24)20-14-7-6-12(2)15(19)9-14/h3-9H,10H2,1-2H3,(H,20,24)(H,21,22,23). The van der Waals surface area contributed by atoms with Crippen LogP contribution >= 0.6 is 23.4 Å². The lowest BCUT2D eigenvalue weighted by Gasteiger charge is -2.05. The number of aromatic nitrogens is 3. The summed E-state index contributed by atoms with van der Waals surface area (Å²) in [6, 6.07) is 13.4. The molecule has 0 radical (unpaired) electrons. The maximum atomic E-state index is 12.1. The van der Waals surface area contributed by atoms with Crippen LogP contribution in [0, 0.1) is 13.8 Å². The third-order valence-corrected chi connectivity index (χ3v) is 4.80. The van der Waals surface area contributed by atoms with Gasteiger partial charge in [-0.1, -0.05) is 53.2 Å². The Kier molecular flexibility index (Phi) is 5.40. The highest BCUT2D eigenvalue weighted by Crippen LogP contribution is 2.22. The predicted molar refractivity (Wildman–Crippen MR) is 102 cm³/mol. The van der Waals surface area contributed by atoms with E-state index in [0.717, 1.165) is 16.7 Å². The van der Waals surface area contributed by atoms with Gasteiger partial charge in [0.1, 0.15) is 0 Å². The van der Waals surface area contributed by atoms with Crippen molar-refractivity contribution in [1.82, 2.24) is 15.2 Å². The van der Waals surface area contributed by atoms with E-state index >= 15 is 0 Å². The number of carbonyl (C=O) groups is 1. The molecule has 0 saturated carbocycles. The molecule has 0 aliphatic heterocycles. The number of halogens is 1. The first-order valence-electron chi connectivity index (χ1n) is 7.69. The highest BCUT2D eigenvalue weighted by molar-refractivity contribution is 7.99. The maximum Gasteiger partial charge on any atom is 0.234 e. The number of carbonyl (C=O) groups excluding carboxylic acids is 1. The van der Waals surface area contributed by atoms with E-state index in [1.54, 1.807) is 6.07 Å². The summed E-state index contributed by atoms with van der Waals surface area (Å²) in [5, 5.41) is 11.0. The second-order valence-electron chi connectivity index (χ2n) is 5.64. The molecule has 0 aliphatic carbocycles. The van der Waals surface area contributed by atoms with Crippen molar-refractivity contribution in [3.05, 3.63) is 58.6 Å². The highest BCUT2D eigenvalue weighted by atomic mass is 35.5. The molecule has 0 saturated heterocycles. The summed E-state index contributed by atoms with van der Waals surface area (Å²) in [5.74, 6) is 0.778. The predicted octanol–water partition coefficient (Wildman–Crippen LogP) is 4.47. The lowest BCUT2D eigenvalue weighted by molar-refractivity contribution is -0.113. The first kappa shape index (κ1) is 17.5. The summed E-state index contributed by atoms with van der Waals surface area (Å²) >= 11 is 7.34. The Morgan fingerprint density at radius 1 is 1.24 bits per heavy atom. The summed E-state index contributed by atoms with van der Waals surface area (Å²) in [4.78, 5) is 16.5. The van der Waals surface area contributed by atoms with Crippen molar-refractivity contribution in [1.29, 1.82) is 0 Å². The Labute approximate surface area is 155 Å². The fourth-order valence-electron chi connectivity index (χ4n) is 2.23. The van der Waals surface area contributed by atoms with E-state index in [9.17, 15) is 4.79 Å². The zero-order valence-electron chi connectivity index (χ0n) is 13.8. The number of amides is 1. The summed E-state index contributed by atoms with van der Waals surface area (Å²) in [7, 11) is 0. The van der Waals surface area contributed by atoms with Crippen LogP contribution in [0.15, 0.2) is 47.6 Å². The zero-order valence-corrected chi connectivity index (χ0v) is 15.4. The summed E-state index contributed by atoms with van der Waals surface area (Å²) < 4.78 is 0. The van der Waals surface area contributed by atoms with Gasteiger partial charge in [0.25, 0.3) is 0 Å². The monoisotopic (exact) mass is 372 g/mol. The minimum absolute atomic E-state index is 0.133. The van der Waals surface area contributed by atoms with Gasteiger partial charge < -0.3 is 5.32 Å². The molecule has 3 rings (SSSR count). The van der Waals surface area contributed by atoms with Crippen molar-refractivity contribution in [3.8, 4) is 11.4 Å². The van der Waals surface area contributed by atoms with Crippen molar-refractivity contribution >= 4 is 35.0 Å². The van der Waals surface area contributed by atoms with Gasteiger partial charge in [0.15, 0.2) is 5.82 Å². The van der Waals surface area contributed by atoms with Gasteiger partial charge in [-0.15, -0.1) is 5.10 Å². The van der Waals surface area contributed by atoms with E-state index in [2.05, 4.69) is 20.5 Å². The van der Waals surface area contributed by atoms with Crippen LogP contribution in [0.5, 0.6) is 0 Å². The second kappa shape index (κ2) is 7.72. The Morgan fingerprint density at radius 2 is 2.08 bits per heavy atom. The molecule has 0 bridgehead atoms. The molecule has 128 valence electrons. The number of nitrogens with zero attached hydrogens (tertiary/aromatic N) is 2. The molecular weight excluding hydrogens is 356 g/mol. The number of hydrogen-bond acceptors (Lipinski definition) is 4. The first-order valence-corrected chi connectivity index (χ1v) is 9.06. The van der Waals surface area contributed by atoms with Crippen molar-refractivity contribution in [2.24, 2.45) is 0 Å². The van der Waals surface area contributed by atoms with Crippen LogP contribution in [0.1, 0.15) is 11.1 Å². The van der Waals surface area contributed by atoms with Crippen LogP contribution in [0.3, 0.4) is 0 Å². The molecule has 1 amide bonds. The van der Waals surface area contributed by atoms with Crippen LogP contribution in [0.2, 0.25) is 5.02 Å². The number of hydrogen-bond donors (Lipinski definition) is 2. The minimum atomic E-state index is -0.133. The topological polar surface area (TPSA) is 70.7 Å². The third kappa shape index (κ3) is 4.61. The Bertz CT molecular complexity index is 910. The number of aromatic amines is 1. The molecule has 1 aromatic heterocycles.